The van der Waals surface area contributed by atoms with Crippen LogP contribution in [0.4, 0.5) is 0 Å². The molecule has 0 saturated heterocycles. The normalized spacial score (nSPS) is 13.6. The molecule has 0 aromatic carbocycles. The van der Waals surface area contributed by atoms with E-state index < -0.39 is 6.04 Å². The zero-order valence-electron chi connectivity index (χ0n) is 29.3. The van der Waals surface area contributed by atoms with Crippen molar-refractivity contribution in [1.82, 2.24) is 15.5 Å². The number of thioether (sulfide) groups is 1. The van der Waals surface area contributed by atoms with E-state index in [1.165, 1.54) is 76.0 Å². The highest BCUT2D eigenvalue weighted by atomic mass is 32.2. The van der Waals surface area contributed by atoms with Crippen LogP contribution in [0.5, 0.6) is 0 Å². The van der Waals surface area contributed by atoms with Crippen LogP contribution in [-0.2, 0) is 14.4 Å². The van der Waals surface area contributed by atoms with E-state index in [0.717, 1.165) is 70.8 Å². The fourth-order valence-corrected chi connectivity index (χ4v) is 6.55. The van der Waals surface area contributed by atoms with Gasteiger partial charge in [-0.25, -0.2) is 0 Å². The van der Waals surface area contributed by atoms with Gasteiger partial charge in [0, 0.05) is 30.7 Å². The molecule has 254 valence electrons. The minimum atomic E-state index is -0.601. The van der Waals surface area contributed by atoms with E-state index in [1.807, 2.05) is 19.0 Å². The highest BCUT2D eigenvalue weighted by Gasteiger charge is 2.26. The maximum atomic E-state index is 13.6. The molecule has 0 aliphatic rings. The van der Waals surface area contributed by atoms with Crippen molar-refractivity contribution in [3.63, 3.8) is 0 Å². The molecule has 3 atom stereocenters. The second-order valence-electron chi connectivity index (χ2n) is 12.9. The van der Waals surface area contributed by atoms with Gasteiger partial charge < -0.3 is 15.5 Å². The molecule has 0 bridgehead atoms. The van der Waals surface area contributed by atoms with Crippen LogP contribution < -0.4 is 10.6 Å². The Kier molecular flexibility index (Phi) is 28.9. The molecule has 0 saturated carbocycles. The maximum Gasteiger partial charge on any atom is 0.242 e. The Morgan fingerprint density at radius 3 is 1.58 bits per heavy atom. The first-order valence-electron chi connectivity index (χ1n) is 18.2. The molecule has 2 N–H and O–H groups in total. The zero-order chi connectivity index (χ0) is 32.1. The van der Waals surface area contributed by atoms with Gasteiger partial charge in [0.15, 0.2) is 5.12 Å². The van der Waals surface area contributed by atoms with E-state index >= 15 is 0 Å². The summed E-state index contributed by atoms with van der Waals surface area (Å²) in [5.41, 5.74) is 0. The van der Waals surface area contributed by atoms with Crippen molar-refractivity contribution in [2.24, 2.45) is 11.8 Å². The SMILES string of the molecule is CCCCCCCCC(CCCCCC)C(=O)NC(CCSC(=O)C(CCCC)CCCCCC)C(=O)NCCN(C)C. The number of nitrogens with zero attached hydrogens (tertiary/aromatic N) is 1. The van der Waals surface area contributed by atoms with Crippen LogP contribution in [0.25, 0.3) is 0 Å². The molecule has 0 radical (unpaired) electrons. The molecule has 2 amide bonds. The van der Waals surface area contributed by atoms with E-state index in [4.69, 9.17) is 0 Å². The molecule has 6 nitrogen and oxygen atoms in total. The fraction of sp³-hybridized carbons (Fsp3) is 0.917. The zero-order valence-corrected chi connectivity index (χ0v) is 30.1. The van der Waals surface area contributed by atoms with Gasteiger partial charge in [0.05, 0.1) is 0 Å². The second kappa shape index (κ2) is 29.6. The van der Waals surface area contributed by atoms with Gasteiger partial charge in [0.1, 0.15) is 6.04 Å². The number of rotatable bonds is 30. The Hall–Kier alpha value is -1.08. The van der Waals surface area contributed by atoms with Crippen LogP contribution in [0, 0.1) is 11.8 Å². The lowest BCUT2D eigenvalue weighted by atomic mass is 9.93. The second-order valence-corrected chi connectivity index (χ2v) is 14.0. The van der Waals surface area contributed by atoms with Crippen molar-refractivity contribution in [3.8, 4) is 0 Å². The molecule has 0 heterocycles. The van der Waals surface area contributed by atoms with E-state index in [-0.39, 0.29) is 28.8 Å². The Labute approximate surface area is 271 Å². The van der Waals surface area contributed by atoms with E-state index in [0.29, 0.717) is 18.7 Å². The van der Waals surface area contributed by atoms with Crippen LogP contribution in [0.2, 0.25) is 0 Å². The molecule has 43 heavy (non-hydrogen) atoms. The lowest BCUT2D eigenvalue weighted by Crippen LogP contribution is -2.49. The summed E-state index contributed by atoms with van der Waals surface area (Å²) in [7, 11) is 3.96. The first-order valence-corrected chi connectivity index (χ1v) is 19.2. The molecule has 0 fully saturated rings. The molecule has 0 aliphatic heterocycles. The van der Waals surface area contributed by atoms with Crippen LogP contribution in [0.3, 0.4) is 0 Å². The van der Waals surface area contributed by atoms with Crippen LogP contribution in [0.15, 0.2) is 0 Å². The molecular formula is C36H71N3O3S. The molecule has 0 aromatic heterocycles. The Bertz CT molecular complexity index is 689. The smallest absolute Gasteiger partial charge is 0.242 e. The number of likely N-dealkylation sites (N-methyl/N-ethyl adjacent to an activating group) is 1. The summed E-state index contributed by atoms with van der Waals surface area (Å²) in [6.07, 6.45) is 22.9. The number of nitrogens with one attached hydrogen (secondary N) is 2. The summed E-state index contributed by atoms with van der Waals surface area (Å²) in [5, 5.41) is 6.45. The lowest BCUT2D eigenvalue weighted by molar-refractivity contribution is -0.131. The average Bonchev–Trinajstić information content (AvgIpc) is 2.98. The van der Waals surface area contributed by atoms with Crippen LogP contribution in [0.1, 0.15) is 163 Å². The van der Waals surface area contributed by atoms with Crippen LogP contribution in [-0.4, -0.2) is 60.8 Å². The molecule has 0 aliphatic carbocycles. The average molecular weight is 626 g/mol. The third-order valence-corrected chi connectivity index (χ3v) is 9.53. The number of amides is 2. The van der Waals surface area contributed by atoms with Crippen molar-refractivity contribution in [3.05, 3.63) is 0 Å². The van der Waals surface area contributed by atoms with Crippen LogP contribution >= 0.6 is 11.8 Å². The summed E-state index contributed by atoms with van der Waals surface area (Å²) in [5.74, 6) is 0.506. The van der Waals surface area contributed by atoms with Crippen molar-refractivity contribution in [1.29, 1.82) is 0 Å². The fourth-order valence-electron chi connectivity index (χ4n) is 5.52. The van der Waals surface area contributed by atoms with Gasteiger partial charge in [-0.15, -0.1) is 0 Å². The molecular weight excluding hydrogens is 554 g/mol. The quantitative estimate of drug-likeness (QED) is 0.0780. The van der Waals surface area contributed by atoms with Gasteiger partial charge in [-0.1, -0.05) is 142 Å². The highest BCUT2D eigenvalue weighted by Crippen LogP contribution is 2.25. The molecule has 7 heteroatoms. The van der Waals surface area contributed by atoms with Crippen molar-refractivity contribution < 1.29 is 14.4 Å². The molecule has 0 aromatic rings. The van der Waals surface area contributed by atoms with Crippen molar-refractivity contribution in [2.45, 2.75) is 169 Å². The predicted molar refractivity (Wildman–Crippen MR) is 188 cm³/mol. The predicted octanol–water partition coefficient (Wildman–Crippen LogP) is 8.91. The molecule has 0 spiro atoms. The van der Waals surface area contributed by atoms with E-state index in [9.17, 15) is 14.4 Å². The summed E-state index contributed by atoms with van der Waals surface area (Å²) >= 11 is 1.37. The summed E-state index contributed by atoms with van der Waals surface area (Å²) < 4.78 is 0. The number of carbonyl (C=O) groups excluding carboxylic acids is 3. The maximum absolute atomic E-state index is 13.6. The number of carbonyl (C=O) groups is 3. The van der Waals surface area contributed by atoms with Crippen molar-refractivity contribution >= 4 is 28.7 Å². The Balaban J connectivity index is 5.29. The standard InChI is InChI=1S/C36H71N3O3S/c1-7-11-15-18-19-22-25-31(24-20-16-12-8-2)34(40)38-33(35(41)37-28-29-39(5)6)27-30-43-36(42)32(23-14-10-4)26-21-17-13-9-3/h31-33H,7-30H2,1-6H3,(H,37,41)(H,38,40). The minimum absolute atomic E-state index is 0.0193. The summed E-state index contributed by atoms with van der Waals surface area (Å²) in [6, 6.07) is -0.601. The molecule has 0 rings (SSSR count). The Morgan fingerprint density at radius 1 is 0.581 bits per heavy atom. The van der Waals surface area contributed by atoms with Gasteiger partial charge in [-0.3, -0.25) is 14.4 Å². The first kappa shape index (κ1) is 41.9. The number of hydrogen-bond acceptors (Lipinski definition) is 5. The third-order valence-electron chi connectivity index (χ3n) is 8.47. The van der Waals surface area contributed by atoms with Gasteiger partial charge in [0.25, 0.3) is 0 Å². The van der Waals surface area contributed by atoms with Gasteiger partial charge in [0.2, 0.25) is 11.8 Å². The monoisotopic (exact) mass is 626 g/mol. The van der Waals surface area contributed by atoms with E-state index in [2.05, 4.69) is 38.3 Å². The van der Waals surface area contributed by atoms with Crippen molar-refractivity contribution in [2.75, 3.05) is 32.9 Å². The highest BCUT2D eigenvalue weighted by molar-refractivity contribution is 8.13. The minimum Gasteiger partial charge on any atom is -0.353 e. The Morgan fingerprint density at radius 2 is 1.05 bits per heavy atom. The first-order chi connectivity index (χ1) is 20.8. The van der Waals surface area contributed by atoms with Gasteiger partial charge in [-0.05, 0) is 46.2 Å². The van der Waals surface area contributed by atoms with E-state index in [1.54, 1.807) is 0 Å². The number of unbranched alkanes of at least 4 members (excludes halogenated alkanes) is 12. The molecule has 3 unspecified atom stereocenters. The summed E-state index contributed by atoms with van der Waals surface area (Å²) in [4.78, 5) is 42.1. The van der Waals surface area contributed by atoms with Gasteiger partial charge >= 0.3 is 0 Å². The summed E-state index contributed by atoms with van der Waals surface area (Å²) in [6.45, 7) is 10.1. The number of hydrogen-bond donors (Lipinski definition) is 2. The lowest BCUT2D eigenvalue weighted by Gasteiger charge is -2.23. The third kappa shape index (κ3) is 23.9. The van der Waals surface area contributed by atoms with Gasteiger partial charge in [-0.2, -0.15) is 0 Å². The topological polar surface area (TPSA) is 78.5 Å². The largest absolute Gasteiger partial charge is 0.353 e.